The number of carbonyl (C=O) groups excluding carboxylic acids is 3. The largest absolute Gasteiger partial charge is 0.335 e. The van der Waals surface area contributed by atoms with E-state index in [2.05, 4.69) is 10.3 Å². The molecular formula is C28H25N5O4. The molecule has 4 aromatic rings. The Morgan fingerprint density at radius 2 is 1.59 bits per heavy atom. The number of rotatable bonds is 3. The molecule has 2 aromatic carbocycles. The monoisotopic (exact) mass is 495 g/mol. The molecule has 0 spiro atoms. The second-order valence-electron chi connectivity index (χ2n) is 9.11. The Kier molecular flexibility index (Phi) is 5.63. The summed E-state index contributed by atoms with van der Waals surface area (Å²) in [6, 6.07) is 13.4. The summed E-state index contributed by atoms with van der Waals surface area (Å²) in [6.07, 6.45) is 1.45. The fourth-order valence-electron chi connectivity index (χ4n) is 4.71. The van der Waals surface area contributed by atoms with Gasteiger partial charge in [-0.15, -0.1) is 0 Å². The maximum atomic E-state index is 13.4. The van der Waals surface area contributed by atoms with Gasteiger partial charge in [0.05, 0.1) is 16.6 Å². The Morgan fingerprint density at radius 3 is 2.35 bits per heavy atom. The molecule has 0 unspecified atom stereocenters. The van der Waals surface area contributed by atoms with Gasteiger partial charge in [-0.1, -0.05) is 24.3 Å². The quantitative estimate of drug-likeness (QED) is 0.344. The van der Waals surface area contributed by atoms with Gasteiger partial charge in [-0.05, 0) is 81.7 Å². The molecule has 1 saturated heterocycles. The lowest BCUT2D eigenvalue weighted by Crippen LogP contribution is -2.54. The molecule has 1 aliphatic rings. The summed E-state index contributed by atoms with van der Waals surface area (Å²) >= 11 is 0. The van der Waals surface area contributed by atoms with Crippen LogP contribution in [0.2, 0.25) is 0 Å². The zero-order valence-corrected chi connectivity index (χ0v) is 21.1. The maximum absolute atomic E-state index is 13.4. The maximum Gasteiger partial charge on any atom is 0.335 e. The minimum absolute atomic E-state index is 0.179. The Morgan fingerprint density at radius 1 is 0.865 bits per heavy atom. The third kappa shape index (κ3) is 3.76. The van der Waals surface area contributed by atoms with Crippen molar-refractivity contribution >= 4 is 40.5 Å². The standard InChI is InChI=1S/C28H25N5O4/c1-15-9-8-12-24(17(15)3)31-26(35)22(25(34)30-28(31)37)14-20-13-16(2)32(18(20)4)33-19(5)29-23-11-7-6-10-21(23)27(33)36/h6-14H,1-5H3,(H,30,34,37). The molecule has 37 heavy (non-hydrogen) atoms. The fourth-order valence-corrected chi connectivity index (χ4v) is 4.71. The van der Waals surface area contributed by atoms with E-state index in [0.717, 1.165) is 16.0 Å². The topological polar surface area (TPSA) is 106 Å². The Balaban J connectivity index is 1.64. The second-order valence-corrected chi connectivity index (χ2v) is 9.11. The summed E-state index contributed by atoms with van der Waals surface area (Å²) in [4.78, 5) is 57.8. The molecular weight excluding hydrogens is 470 g/mol. The van der Waals surface area contributed by atoms with Gasteiger partial charge in [0.2, 0.25) is 0 Å². The van der Waals surface area contributed by atoms with Crippen molar-refractivity contribution in [1.82, 2.24) is 19.7 Å². The van der Waals surface area contributed by atoms with E-state index in [1.165, 1.54) is 10.8 Å². The van der Waals surface area contributed by atoms with E-state index in [1.54, 1.807) is 54.9 Å². The van der Waals surface area contributed by atoms with Crippen LogP contribution in [0, 0.1) is 34.6 Å². The first kappa shape index (κ1) is 23.9. The number of para-hydroxylation sites is 1. The van der Waals surface area contributed by atoms with Gasteiger partial charge < -0.3 is 0 Å². The molecule has 0 atom stereocenters. The molecule has 0 saturated carbocycles. The lowest BCUT2D eigenvalue weighted by Gasteiger charge is -2.28. The van der Waals surface area contributed by atoms with Crippen molar-refractivity contribution in [1.29, 1.82) is 0 Å². The van der Waals surface area contributed by atoms with Crippen molar-refractivity contribution in [2.75, 3.05) is 4.90 Å². The second kappa shape index (κ2) is 8.70. The van der Waals surface area contributed by atoms with Gasteiger partial charge in [0.15, 0.2) is 0 Å². The Hall–Kier alpha value is -4.79. The Bertz CT molecular complexity index is 1740. The van der Waals surface area contributed by atoms with Crippen LogP contribution in [0.4, 0.5) is 10.5 Å². The van der Waals surface area contributed by atoms with E-state index in [9.17, 15) is 19.2 Å². The van der Waals surface area contributed by atoms with Crippen molar-refractivity contribution in [2.24, 2.45) is 0 Å². The molecule has 9 nitrogen and oxygen atoms in total. The van der Waals surface area contributed by atoms with E-state index < -0.39 is 17.8 Å². The number of imide groups is 2. The molecule has 0 radical (unpaired) electrons. The number of amides is 4. The van der Waals surface area contributed by atoms with Crippen molar-refractivity contribution in [3.8, 4) is 0 Å². The minimum atomic E-state index is -0.796. The van der Waals surface area contributed by atoms with Crippen LogP contribution in [0.1, 0.15) is 33.9 Å². The van der Waals surface area contributed by atoms with Crippen LogP contribution in [0.3, 0.4) is 0 Å². The van der Waals surface area contributed by atoms with Crippen molar-refractivity contribution in [3.05, 3.63) is 98.4 Å². The number of urea groups is 1. The van der Waals surface area contributed by atoms with Gasteiger partial charge >= 0.3 is 6.03 Å². The highest BCUT2D eigenvalue weighted by Gasteiger charge is 2.37. The van der Waals surface area contributed by atoms with Crippen LogP contribution in [-0.4, -0.2) is 32.2 Å². The number of aromatic nitrogens is 3. The average Bonchev–Trinajstić information content (AvgIpc) is 3.12. The molecule has 3 heterocycles. The number of nitrogens with zero attached hydrogens (tertiary/aromatic N) is 4. The number of nitrogens with one attached hydrogen (secondary N) is 1. The molecule has 0 bridgehead atoms. The van der Waals surface area contributed by atoms with E-state index in [-0.39, 0.29) is 11.1 Å². The van der Waals surface area contributed by atoms with Crippen LogP contribution < -0.4 is 15.8 Å². The summed E-state index contributed by atoms with van der Waals surface area (Å²) in [5.74, 6) is -1.00. The molecule has 186 valence electrons. The summed E-state index contributed by atoms with van der Waals surface area (Å²) in [7, 11) is 0. The number of fused-ring (bicyclic) bond motifs is 1. The zero-order valence-electron chi connectivity index (χ0n) is 21.1. The highest BCUT2D eigenvalue weighted by Crippen LogP contribution is 2.28. The molecule has 1 fully saturated rings. The van der Waals surface area contributed by atoms with Gasteiger partial charge in [-0.2, -0.15) is 4.68 Å². The summed E-state index contributed by atoms with van der Waals surface area (Å²) in [5, 5.41) is 2.75. The molecule has 2 aromatic heterocycles. The predicted molar refractivity (Wildman–Crippen MR) is 140 cm³/mol. The van der Waals surface area contributed by atoms with Crippen molar-refractivity contribution in [3.63, 3.8) is 0 Å². The van der Waals surface area contributed by atoms with Crippen LogP contribution in [0.15, 0.2) is 58.9 Å². The first-order valence-corrected chi connectivity index (χ1v) is 11.8. The highest BCUT2D eigenvalue weighted by molar-refractivity contribution is 6.39. The summed E-state index contributed by atoms with van der Waals surface area (Å²) < 4.78 is 3.19. The third-order valence-electron chi connectivity index (χ3n) is 6.77. The van der Waals surface area contributed by atoms with E-state index in [0.29, 0.717) is 39.4 Å². The smallest absolute Gasteiger partial charge is 0.273 e. The van der Waals surface area contributed by atoms with Crippen molar-refractivity contribution in [2.45, 2.75) is 34.6 Å². The minimum Gasteiger partial charge on any atom is -0.273 e. The number of anilines is 1. The molecule has 5 rings (SSSR count). The van der Waals surface area contributed by atoms with Gasteiger partial charge in [0.25, 0.3) is 17.4 Å². The van der Waals surface area contributed by atoms with E-state index in [4.69, 9.17) is 0 Å². The van der Waals surface area contributed by atoms with Crippen LogP contribution in [0.25, 0.3) is 17.0 Å². The van der Waals surface area contributed by atoms with Crippen LogP contribution in [0.5, 0.6) is 0 Å². The van der Waals surface area contributed by atoms with Gasteiger partial charge in [-0.3, -0.25) is 24.4 Å². The first-order valence-electron chi connectivity index (χ1n) is 11.8. The van der Waals surface area contributed by atoms with Gasteiger partial charge in [0.1, 0.15) is 11.4 Å². The molecule has 4 amide bonds. The fraction of sp³-hybridized carbons (Fsp3) is 0.179. The highest BCUT2D eigenvalue weighted by atomic mass is 16.2. The molecule has 1 N–H and O–H groups in total. The molecule has 9 heteroatoms. The normalized spacial score (nSPS) is 15.1. The molecule has 1 aliphatic heterocycles. The lowest BCUT2D eigenvalue weighted by molar-refractivity contribution is -0.122. The number of benzene rings is 2. The number of carbonyl (C=O) groups is 3. The van der Waals surface area contributed by atoms with Crippen LogP contribution >= 0.6 is 0 Å². The Labute approximate surface area is 212 Å². The number of barbiturate groups is 1. The summed E-state index contributed by atoms with van der Waals surface area (Å²) in [5.41, 5.74) is 4.17. The van der Waals surface area contributed by atoms with E-state index in [1.807, 2.05) is 32.9 Å². The first-order chi connectivity index (χ1) is 17.6. The van der Waals surface area contributed by atoms with E-state index >= 15 is 0 Å². The lowest BCUT2D eigenvalue weighted by atomic mass is 10.0. The number of aryl methyl sites for hydroxylation is 3. The summed E-state index contributed by atoms with van der Waals surface area (Å²) in [6.45, 7) is 9.06. The molecule has 0 aliphatic carbocycles. The average molecular weight is 496 g/mol. The third-order valence-corrected chi connectivity index (χ3v) is 6.77. The van der Waals surface area contributed by atoms with Gasteiger partial charge in [0, 0.05) is 11.4 Å². The predicted octanol–water partition coefficient (Wildman–Crippen LogP) is 3.72. The zero-order chi connectivity index (χ0) is 26.6. The number of hydrogen-bond donors (Lipinski definition) is 1. The van der Waals surface area contributed by atoms with Gasteiger partial charge in [-0.25, -0.2) is 14.7 Å². The number of hydrogen-bond acceptors (Lipinski definition) is 5. The SMILES string of the molecule is Cc1cccc(N2C(=O)NC(=O)C(=Cc3cc(C)n(-n4c(C)nc5ccccc5c4=O)c3C)C2=O)c1C. The van der Waals surface area contributed by atoms with Crippen molar-refractivity contribution < 1.29 is 14.4 Å². The van der Waals surface area contributed by atoms with Crippen LogP contribution in [-0.2, 0) is 9.59 Å².